The third kappa shape index (κ3) is 3.65. The van der Waals surface area contributed by atoms with Crippen molar-refractivity contribution < 1.29 is 0 Å². The first-order valence-electron chi connectivity index (χ1n) is 6.28. The van der Waals surface area contributed by atoms with E-state index in [-0.39, 0.29) is 0 Å². The van der Waals surface area contributed by atoms with Gasteiger partial charge in [0.2, 0.25) is 0 Å². The minimum absolute atomic E-state index is 0.889. The Kier molecular flexibility index (Phi) is 4.90. The van der Waals surface area contributed by atoms with E-state index in [1.807, 2.05) is 25.1 Å². The first-order chi connectivity index (χ1) is 8.77. The molecule has 1 saturated heterocycles. The van der Waals surface area contributed by atoms with Crippen LogP contribution in [0, 0.1) is 0 Å². The number of nitrogens with one attached hydrogen (secondary N) is 1. The van der Waals surface area contributed by atoms with Crippen molar-refractivity contribution in [3.05, 3.63) is 30.1 Å². The van der Waals surface area contributed by atoms with Gasteiger partial charge in [-0.25, -0.2) is 0 Å². The van der Waals surface area contributed by atoms with Gasteiger partial charge >= 0.3 is 116 Å². The molecule has 2 heterocycles. The summed E-state index contributed by atoms with van der Waals surface area (Å²) in [6, 6.07) is 5.83. The van der Waals surface area contributed by atoms with E-state index < -0.39 is 0 Å². The number of nitrogens with zero attached hydrogens (tertiary/aromatic N) is 3. The third-order valence-electron chi connectivity index (χ3n) is 3.00. The van der Waals surface area contributed by atoms with Crippen LogP contribution in [0.4, 0.5) is 0 Å². The topological polar surface area (TPSA) is 40.5 Å². The van der Waals surface area contributed by atoms with Gasteiger partial charge in [-0.1, -0.05) is 0 Å². The fraction of sp³-hybridized carbons (Fsp3) is 0.462. The zero-order valence-corrected chi connectivity index (χ0v) is 12.3. The molecule has 1 aliphatic rings. The van der Waals surface area contributed by atoms with Crippen LogP contribution in [0.2, 0.25) is 0 Å². The number of hydrogen-bond acceptors (Lipinski definition) is 4. The Bertz CT molecular complexity index is 424. The molecule has 4 nitrogen and oxygen atoms in total. The Balaban J connectivity index is 1.91. The quantitative estimate of drug-likeness (QED) is 0.515. The maximum atomic E-state index is 4.36. The second-order valence-corrected chi connectivity index (χ2v) is 5.19. The number of pyridine rings is 1. The Hall–Kier alpha value is -1.19. The minimum atomic E-state index is 0.889. The summed E-state index contributed by atoms with van der Waals surface area (Å²) in [5, 5.41) is 4.36. The van der Waals surface area contributed by atoms with Gasteiger partial charge in [0.05, 0.1) is 0 Å². The maximum absolute atomic E-state index is 4.36. The Labute approximate surface area is 116 Å². The van der Waals surface area contributed by atoms with Gasteiger partial charge < -0.3 is 0 Å². The van der Waals surface area contributed by atoms with Crippen molar-refractivity contribution in [2.45, 2.75) is 26.2 Å². The van der Waals surface area contributed by atoms with E-state index >= 15 is 0 Å². The standard InChI is InChI=1S/C13H18N4Se/c1-11(12-7-3-4-8-14-12)15-16-13(18)17-9-5-2-6-10-17/h3-4,7-8H,2,5-6,9-10H2,1H3,(H,16,18). The van der Waals surface area contributed by atoms with E-state index in [4.69, 9.17) is 0 Å². The van der Waals surface area contributed by atoms with E-state index in [0.717, 1.165) is 29.2 Å². The molecule has 0 atom stereocenters. The Morgan fingerprint density at radius 2 is 2.11 bits per heavy atom. The van der Waals surface area contributed by atoms with Crippen molar-refractivity contribution >= 4 is 26.0 Å². The first-order valence-corrected chi connectivity index (χ1v) is 7.13. The van der Waals surface area contributed by atoms with Gasteiger partial charge in [-0.2, -0.15) is 0 Å². The molecule has 0 amide bonds. The molecule has 96 valence electrons. The van der Waals surface area contributed by atoms with Crippen LogP contribution in [-0.2, 0) is 0 Å². The Morgan fingerprint density at radius 3 is 2.78 bits per heavy atom. The number of likely N-dealkylation sites (tertiary alicyclic amines) is 1. The molecule has 18 heavy (non-hydrogen) atoms. The monoisotopic (exact) mass is 310 g/mol. The fourth-order valence-corrected chi connectivity index (χ4v) is 2.41. The molecule has 0 aliphatic carbocycles. The summed E-state index contributed by atoms with van der Waals surface area (Å²) >= 11 is 3.06. The first kappa shape index (κ1) is 13.2. The van der Waals surface area contributed by atoms with Crippen molar-refractivity contribution in [3.8, 4) is 0 Å². The molecule has 1 aliphatic heterocycles. The van der Waals surface area contributed by atoms with Crippen LogP contribution in [0.25, 0.3) is 0 Å². The zero-order valence-electron chi connectivity index (χ0n) is 10.6. The average molecular weight is 309 g/mol. The van der Waals surface area contributed by atoms with Crippen molar-refractivity contribution in [2.75, 3.05) is 13.1 Å². The number of aromatic nitrogens is 1. The van der Waals surface area contributed by atoms with Crippen LogP contribution >= 0.6 is 0 Å². The third-order valence-corrected chi connectivity index (χ3v) is 3.73. The van der Waals surface area contributed by atoms with Gasteiger partial charge in [-0.05, 0) is 0 Å². The van der Waals surface area contributed by atoms with E-state index in [1.165, 1.54) is 19.3 Å². The molecule has 0 unspecified atom stereocenters. The van der Waals surface area contributed by atoms with Crippen molar-refractivity contribution in [3.63, 3.8) is 0 Å². The molecule has 0 aromatic carbocycles. The van der Waals surface area contributed by atoms with E-state index in [1.54, 1.807) is 6.20 Å². The molecule has 5 heteroatoms. The van der Waals surface area contributed by atoms with Crippen molar-refractivity contribution in [2.24, 2.45) is 5.10 Å². The molecule has 0 bridgehead atoms. The summed E-state index contributed by atoms with van der Waals surface area (Å²) in [6.45, 7) is 4.17. The van der Waals surface area contributed by atoms with E-state index in [9.17, 15) is 0 Å². The SMILES string of the molecule is CC(=NNC(=[Se])N1CCCCC1)c1ccccn1. The predicted molar refractivity (Wildman–Crippen MR) is 75.8 cm³/mol. The zero-order chi connectivity index (χ0) is 12.8. The molecule has 0 radical (unpaired) electrons. The fourth-order valence-electron chi connectivity index (χ4n) is 1.93. The molecule has 1 fully saturated rings. The van der Waals surface area contributed by atoms with Gasteiger partial charge in [0.15, 0.2) is 0 Å². The normalized spacial score (nSPS) is 16.5. The van der Waals surface area contributed by atoms with Crippen molar-refractivity contribution in [1.29, 1.82) is 0 Å². The van der Waals surface area contributed by atoms with E-state index in [0.29, 0.717) is 0 Å². The number of hydrazone groups is 1. The number of rotatable bonds is 4. The van der Waals surface area contributed by atoms with Crippen molar-refractivity contribution in [1.82, 2.24) is 15.3 Å². The van der Waals surface area contributed by atoms with Gasteiger partial charge in [0.1, 0.15) is 0 Å². The molecular weight excluding hydrogens is 291 g/mol. The molecule has 2 rings (SSSR count). The van der Waals surface area contributed by atoms with Gasteiger partial charge in [-0.15, -0.1) is 0 Å². The van der Waals surface area contributed by atoms with Crippen LogP contribution in [0.5, 0.6) is 0 Å². The van der Waals surface area contributed by atoms with Gasteiger partial charge in [0, 0.05) is 0 Å². The second-order valence-electron chi connectivity index (χ2n) is 4.38. The summed E-state index contributed by atoms with van der Waals surface area (Å²) in [7, 11) is 0. The van der Waals surface area contributed by atoms with Crippen LogP contribution in [0.15, 0.2) is 29.5 Å². The molecule has 1 N–H and O–H groups in total. The number of hydrogen-bond donors (Lipinski definition) is 1. The van der Waals surface area contributed by atoms with Crippen LogP contribution in [0.3, 0.4) is 0 Å². The number of piperidine rings is 1. The van der Waals surface area contributed by atoms with Crippen LogP contribution in [-0.4, -0.2) is 48.9 Å². The Morgan fingerprint density at radius 1 is 1.33 bits per heavy atom. The molecule has 1 aromatic rings. The molecule has 1 aromatic heterocycles. The molecule has 0 spiro atoms. The second kappa shape index (κ2) is 6.66. The molecular formula is C13H18N4Se. The van der Waals surface area contributed by atoms with Gasteiger partial charge in [0.25, 0.3) is 0 Å². The summed E-state index contributed by atoms with van der Waals surface area (Å²) in [4.78, 5) is 6.57. The van der Waals surface area contributed by atoms with Gasteiger partial charge in [-0.3, -0.25) is 0 Å². The predicted octanol–water partition coefficient (Wildman–Crippen LogP) is 1.14. The molecule has 0 saturated carbocycles. The summed E-state index contributed by atoms with van der Waals surface area (Å²) in [6.07, 6.45) is 5.63. The van der Waals surface area contributed by atoms with Crippen LogP contribution < -0.4 is 5.43 Å². The summed E-state index contributed by atoms with van der Waals surface area (Å²) in [5.41, 5.74) is 4.87. The van der Waals surface area contributed by atoms with E-state index in [2.05, 4.69) is 36.0 Å². The summed E-state index contributed by atoms with van der Waals surface area (Å²) < 4.78 is 1.00. The summed E-state index contributed by atoms with van der Waals surface area (Å²) in [5.74, 6) is 0. The average Bonchev–Trinajstić information content (AvgIpc) is 2.46. The van der Waals surface area contributed by atoms with Crippen LogP contribution in [0.1, 0.15) is 31.9 Å².